The van der Waals surface area contributed by atoms with Crippen LogP contribution in [-0.2, 0) is 4.79 Å². The highest BCUT2D eigenvalue weighted by atomic mass is 16.2. The van der Waals surface area contributed by atoms with Gasteiger partial charge in [0.2, 0.25) is 6.41 Å². The number of rotatable bonds is 3. The van der Waals surface area contributed by atoms with Crippen molar-refractivity contribution < 1.29 is 9.59 Å². The molecule has 3 amide bonds. The molecule has 0 aliphatic carbocycles. The molecule has 0 saturated carbocycles. The molecule has 1 aliphatic rings. The molecule has 0 radical (unpaired) electrons. The predicted molar refractivity (Wildman–Crippen MR) is 63.8 cm³/mol. The maximum absolute atomic E-state index is 11.0. The topological polar surface area (TPSA) is 82.6 Å². The molecule has 2 rings (SSSR count). The van der Waals surface area contributed by atoms with E-state index in [9.17, 15) is 9.59 Å². The lowest BCUT2D eigenvalue weighted by molar-refractivity contribution is -0.105. The highest BCUT2D eigenvalue weighted by molar-refractivity contribution is 6.07. The molecule has 0 fully saturated rings. The second-order valence-electron chi connectivity index (χ2n) is 3.64. The van der Waals surface area contributed by atoms with Crippen LogP contribution in [0.3, 0.4) is 0 Å². The molecule has 1 heterocycles. The molecule has 1 unspecified atom stereocenters. The summed E-state index contributed by atoms with van der Waals surface area (Å²) in [7, 11) is 0. The molecular formula is C11H12N4O2. The number of hydrogen-bond donors (Lipinski definition) is 3. The summed E-state index contributed by atoms with van der Waals surface area (Å²) in [6, 6.07) is 6.76. The first-order chi connectivity index (χ1) is 8.20. The maximum atomic E-state index is 11.0. The lowest BCUT2D eigenvalue weighted by Crippen LogP contribution is -2.48. The minimum Gasteiger partial charge on any atom is -0.329 e. The SMILES string of the molecule is CC1NC(=O)NN=C1c1ccc(NC=O)cc1. The van der Waals surface area contributed by atoms with Crippen molar-refractivity contribution >= 4 is 23.8 Å². The van der Waals surface area contributed by atoms with Crippen molar-refractivity contribution in [1.82, 2.24) is 10.7 Å². The zero-order valence-electron chi connectivity index (χ0n) is 9.23. The maximum Gasteiger partial charge on any atom is 0.335 e. The molecule has 0 saturated heterocycles. The van der Waals surface area contributed by atoms with Crippen LogP contribution in [0.5, 0.6) is 0 Å². The largest absolute Gasteiger partial charge is 0.335 e. The molecule has 0 spiro atoms. The van der Waals surface area contributed by atoms with Crippen LogP contribution in [0.4, 0.5) is 10.5 Å². The summed E-state index contributed by atoms with van der Waals surface area (Å²) in [6.45, 7) is 1.86. The fourth-order valence-corrected chi connectivity index (χ4v) is 1.62. The van der Waals surface area contributed by atoms with E-state index >= 15 is 0 Å². The molecule has 1 aliphatic heterocycles. The Kier molecular flexibility index (Phi) is 3.04. The lowest BCUT2D eigenvalue weighted by Gasteiger charge is -2.21. The second kappa shape index (κ2) is 4.65. The monoisotopic (exact) mass is 232 g/mol. The molecule has 6 heteroatoms. The van der Waals surface area contributed by atoms with Crippen molar-refractivity contribution in [2.24, 2.45) is 5.10 Å². The Morgan fingerprint density at radius 2 is 2.06 bits per heavy atom. The third-order valence-corrected chi connectivity index (χ3v) is 2.44. The lowest BCUT2D eigenvalue weighted by atomic mass is 10.0. The van der Waals surface area contributed by atoms with Crippen molar-refractivity contribution in [2.75, 3.05) is 5.32 Å². The van der Waals surface area contributed by atoms with Gasteiger partial charge < -0.3 is 10.6 Å². The summed E-state index contributed by atoms with van der Waals surface area (Å²) >= 11 is 0. The van der Waals surface area contributed by atoms with Gasteiger partial charge in [0.1, 0.15) is 0 Å². The van der Waals surface area contributed by atoms with Crippen LogP contribution in [0.25, 0.3) is 0 Å². The molecule has 1 aromatic rings. The van der Waals surface area contributed by atoms with Gasteiger partial charge in [-0.3, -0.25) is 4.79 Å². The van der Waals surface area contributed by atoms with Crippen molar-refractivity contribution in [3.05, 3.63) is 29.8 Å². The Hall–Kier alpha value is -2.37. The fraction of sp³-hybridized carbons (Fsp3) is 0.182. The molecule has 88 valence electrons. The molecular weight excluding hydrogens is 220 g/mol. The first kappa shape index (κ1) is 11.1. The van der Waals surface area contributed by atoms with Gasteiger partial charge in [0.25, 0.3) is 0 Å². The second-order valence-corrected chi connectivity index (χ2v) is 3.64. The fourth-order valence-electron chi connectivity index (χ4n) is 1.62. The number of carbonyl (C=O) groups is 2. The summed E-state index contributed by atoms with van der Waals surface area (Å²) in [5.74, 6) is 0. The Bertz CT molecular complexity index is 467. The van der Waals surface area contributed by atoms with Crippen molar-refractivity contribution in [2.45, 2.75) is 13.0 Å². The van der Waals surface area contributed by atoms with Crippen LogP contribution in [0, 0.1) is 0 Å². The standard InChI is InChI=1S/C11H12N4O2/c1-7-10(14-15-11(17)13-7)8-2-4-9(5-3-8)12-6-16/h2-7H,1H3,(H,12,16)(H2,13,15,17). The number of benzene rings is 1. The molecule has 17 heavy (non-hydrogen) atoms. The van der Waals surface area contributed by atoms with E-state index in [-0.39, 0.29) is 12.1 Å². The van der Waals surface area contributed by atoms with Gasteiger partial charge in [0.05, 0.1) is 11.8 Å². The highest BCUT2D eigenvalue weighted by Gasteiger charge is 2.19. The normalized spacial score (nSPS) is 18.8. The molecule has 0 bridgehead atoms. The number of anilines is 1. The average Bonchev–Trinajstić information content (AvgIpc) is 2.31. The summed E-state index contributed by atoms with van der Waals surface area (Å²) in [4.78, 5) is 21.3. The van der Waals surface area contributed by atoms with Crippen LogP contribution in [0.2, 0.25) is 0 Å². The van der Waals surface area contributed by atoms with E-state index in [0.717, 1.165) is 11.3 Å². The average molecular weight is 232 g/mol. The van der Waals surface area contributed by atoms with Crippen molar-refractivity contribution in [1.29, 1.82) is 0 Å². The quantitative estimate of drug-likeness (QED) is 0.669. The highest BCUT2D eigenvalue weighted by Crippen LogP contribution is 2.12. The van der Waals surface area contributed by atoms with E-state index in [2.05, 4.69) is 21.2 Å². The van der Waals surface area contributed by atoms with Crippen LogP contribution in [-0.4, -0.2) is 24.2 Å². The minimum absolute atomic E-state index is 0.145. The van der Waals surface area contributed by atoms with Gasteiger partial charge in [0.15, 0.2) is 0 Å². The summed E-state index contributed by atoms with van der Waals surface area (Å²) in [5.41, 5.74) is 4.72. The zero-order valence-corrected chi connectivity index (χ0v) is 9.23. The number of nitrogens with zero attached hydrogens (tertiary/aromatic N) is 1. The van der Waals surface area contributed by atoms with Gasteiger partial charge in [-0.2, -0.15) is 5.10 Å². The van der Waals surface area contributed by atoms with Gasteiger partial charge >= 0.3 is 6.03 Å². The number of hydrogen-bond acceptors (Lipinski definition) is 3. The molecule has 1 aromatic carbocycles. The predicted octanol–water partition coefficient (Wildman–Crippen LogP) is 0.660. The van der Waals surface area contributed by atoms with Crippen LogP contribution >= 0.6 is 0 Å². The van der Waals surface area contributed by atoms with Gasteiger partial charge in [-0.05, 0) is 19.1 Å². The number of hydrazone groups is 1. The van der Waals surface area contributed by atoms with Gasteiger partial charge in [-0.1, -0.05) is 12.1 Å². The van der Waals surface area contributed by atoms with E-state index in [1.165, 1.54) is 0 Å². The van der Waals surface area contributed by atoms with E-state index in [0.29, 0.717) is 12.1 Å². The van der Waals surface area contributed by atoms with Crippen LogP contribution in [0.1, 0.15) is 12.5 Å². The third-order valence-electron chi connectivity index (χ3n) is 2.44. The summed E-state index contributed by atoms with van der Waals surface area (Å²) in [6.07, 6.45) is 0.623. The Balaban J connectivity index is 2.22. The molecule has 0 aromatic heterocycles. The van der Waals surface area contributed by atoms with Crippen LogP contribution < -0.4 is 16.1 Å². The summed E-state index contributed by atoms with van der Waals surface area (Å²) in [5, 5.41) is 9.27. The number of urea groups is 1. The number of carbonyl (C=O) groups excluding carboxylic acids is 2. The number of nitrogens with one attached hydrogen (secondary N) is 3. The number of amides is 3. The molecule has 1 atom stereocenters. The van der Waals surface area contributed by atoms with Gasteiger partial charge in [-0.15, -0.1) is 0 Å². The zero-order chi connectivity index (χ0) is 12.3. The van der Waals surface area contributed by atoms with E-state index < -0.39 is 0 Å². The Morgan fingerprint density at radius 1 is 1.35 bits per heavy atom. The minimum atomic E-state index is -0.305. The van der Waals surface area contributed by atoms with Crippen LogP contribution in [0.15, 0.2) is 29.4 Å². The Morgan fingerprint density at radius 3 is 2.65 bits per heavy atom. The molecule has 3 N–H and O–H groups in total. The first-order valence-corrected chi connectivity index (χ1v) is 5.15. The van der Waals surface area contributed by atoms with Gasteiger partial charge in [-0.25, -0.2) is 10.2 Å². The Labute approximate surface area is 98.1 Å². The van der Waals surface area contributed by atoms with Gasteiger partial charge in [0, 0.05) is 11.3 Å². The van der Waals surface area contributed by atoms with E-state index in [1.807, 2.05) is 19.1 Å². The molecule has 6 nitrogen and oxygen atoms in total. The van der Waals surface area contributed by atoms with E-state index in [1.54, 1.807) is 12.1 Å². The first-order valence-electron chi connectivity index (χ1n) is 5.15. The van der Waals surface area contributed by atoms with E-state index in [4.69, 9.17) is 0 Å². The third kappa shape index (κ3) is 2.41. The summed E-state index contributed by atoms with van der Waals surface area (Å²) < 4.78 is 0. The van der Waals surface area contributed by atoms with Crippen molar-refractivity contribution in [3.8, 4) is 0 Å². The smallest absolute Gasteiger partial charge is 0.329 e. The van der Waals surface area contributed by atoms with Crippen molar-refractivity contribution in [3.63, 3.8) is 0 Å².